The van der Waals surface area contributed by atoms with Gasteiger partial charge in [0.1, 0.15) is 11.6 Å². The van der Waals surface area contributed by atoms with E-state index in [1.165, 1.54) is 23.7 Å². The van der Waals surface area contributed by atoms with Crippen molar-refractivity contribution in [2.24, 2.45) is 0 Å². The Balaban J connectivity index is 2.04. The first kappa shape index (κ1) is 12.0. The van der Waals surface area contributed by atoms with Crippen molar-refractivity contribution < 1.29 is 4.39 Å². The Labute approximate surface area is 110 Å². The van der Waals surface area contributed by atoms with Crippen LogP contribution in [-0.2, 0) is 5.75 Å². The molecule has 1 aromatic carbocycles. The van der Waals surface area contributed by atoms with Crippen LogP contribution in [0, 0.1) is 12.7 Å². The van der Waals surface area contributed by atoms with Gasteiger partial charge in [-0.3, -0.25) is 0 Å². The molecule has 6 heteroatoms. The van der Waals surface area contributed by atoms with E-state index in [1.54, 1.807) is 11.8 Å². The number of nitrogens with zero attached hydrogens (tertiary/aromatic N) is 2. The Morgan fingerprint density at radius 3 is 2.88 bits per heavy atom. The van der Waals surface area contributed by atoms with E-state index in [0.717, 1.165) is 20.2 Å². The average Bonchev–Trinajstić information content (AvgIpc) is 2.60. The van der Waals surface area contributed by atoms with E-state index < -0.39 is 0 Å². The zero-order chi connectivity index (χ0) is 11.5. The van der Waals surface area contributed by atoms with E-state index in [9.17, 15) is 4.39 Å². The summed E-state index contributed by atoms with van der Waals surface area (Å²) >= 11 is 6.21. The number of halogens is 2. The Bertz CT molecular complexity index is 481. The normalized spacial score (nSPS) is 10.7. The molecule has 0 N–H and O–H groups in total. The number of thioether (sulfide) groups is 1. The van der Waals surface area contributed by atoms with Crippen molar-refractivity contribution in [2.75, 3.05) is 0 Å². The van der Waals surface area contributed by atoms with E-state index in [-0.39, 0.29) is 5.82 Å². The van der Waals surface area contributed by atoms with Gasteiger partial charge < -0.3 is 0 Å². The van der Waals surface area contributed by atoms with Crippen LogP contribution in [0.25, 0.3) is 0 Å². The average molecular weight is 319 g/mol. The zero-order valence-electron chi connectivity index (χ0n) is 8.41. The van der Waals surface area contributed by atoms with Crippen molar-refractivity contribution in [3.8, 4) is 0 Å². The molecule has 0 fully saturated rings. The highest BCUT2D eigenvalue weighted by Gasteiger charge is 2.03. The van der Waals surface area contributed by atoms with Crippen LogP contribution in [0.1, 0.15) is 11.4 Å². The molecule has 84 valence electrons. The second-order valence-electron chi connectivity index (χ2n) is 3.17. The summed E-state index contributed by atoms with van der Waals surface area (Å²) in [6.07, 6.45) is 0. The van der Waals surface area contributed by atoms with Crippen molar-refractivity contribution in [1.82, 2.24) is 9.36 Å². The molecular formula is C10H8BrFN2S2. The molecule has 0 spiro atoms. The first-order valence-electron chi connectivity index (χ1n) is 4.51. The highest BCUT2D eigenvalue weighted by atomic mass is 79.9. The first-order valence-corrected chi connectivity index (χ1v) is 7.07. The van der Waals surface area contributed by atoms with Crippen molar-refractivity contribution in [2.45, 2.75) is 17.0 Å². The molecule has 0 bridgehead atoms. The molecule has 0 aliphatic heterocycles. The van der Waals surface area contributed by atoms with E-state index in [1.807, 2.05) is 13.0 Å². The number of benzene rings is 1. The topological polar surface area (TPSA) is 25.8 Å². The summed E-state index contributed by atoms with van der Waals surface area (Å²) in [6.45, 7) is 1.86. The maximum absolute atomic E-state index is 13.1. The van der Waals surface area contributed by atoms with Crippen LogP contribution >= 0.6 is 39.2 Å². The molecule has 16 heavy (non-hydrogen) atoms. The number of hydrogen-bond donors (Lipinski definition) is 0. The van der Waals surface area contributed by atoms with Gasteiger partial charge in [0.15, 0.2) is 4.34 Å². The minimum Gasteiger partial charge on any atom is -0.213 e. The maximum atomic E-state index is 13.1. The largest absolute Gasteiger partial charge is 0.213 e. The second kappa shape index (κ2) is 5.25. The van der Waals surface area contributed by atoms with Crippen molar-refractivity contribution in [3.63, 3.8) is 0 Å². The first-order chi connectivity index (χ1) is 7.63. The van der Waals surface area contributed by atoms with E-state index in [4.69, 9.17) is 0 Å². The maximum Gasteiger partial charge on any atom is 0.170 e. The lowest BCUT2D eigenvalue weighted by Gasteiger charge is -2.00. The Morgan fingerprint density at radius 1 is 1.44 bits per heavy atom. The van der Waals surface area contributed by atoms with Crippen LogP contribution < -0.4 is 0 Å². The van der Waals surface area contributed by atoms with Gasteiger partial charge in [-0.2, -0.15) is 4.37 Å². The molecule has 2 aromatic rings. The molecule has 0 aliphatic rings. The third kappa shape index (κ3) is 3.26. The third-order valence-electron chi connectivity index (χ3n) is 1.79. The summed E-state index contributed by atoms with van der Waals surface area (Å²) in [4.78, 5) is 4.24. The van der Waals surface area contributed by atoms with Gasteiger partial charge in [0.2, 0.25) is 0 Å². The monoisotopic (exact) mass is 318 g/mol. The molecule has 0 aliphatic carbocycles. The number of aryl methyl sites for hydroxylation is 1. The summed E-state index contributed by atoms with van der Waals surface area (Å²) in [6, 6.07) is 4.89. The quantitative estimate of drug-likeness (QED) is 0.799. The predicted octanol–water partition coefficient (Wildman–Crippen LogP) is 4.04. The summed E-state index contributed by atoms with van der Waals surface area (Å²) in [5, 5.41) is 0. The van der Waals surface area contributed by atoms with Crippen molar-refractivity contribution in [1.29, 1.82) is 0 Å². The van der Waals surface area contributed by atoms with Crippen LogP contribution in [0.3, 0.4) is 0 Å². The van der Waals surface area contributed by atoms with Gasteiger partial charge in [-0.1, -0.05) is 27.7 Å². The van der Waals surface area contributed by atoms with E-state index in [2.05, 4.69) is 25.3 Å². The van der Waals surface area contributed by atoms with Gasteiger partial charge in [0.25, 0.3) is 0 Å². The fourth-order valence-electron chi connectivity index (χ4n) is 1.18. The molecule has 0 saturated heterocycles. The summed E-state index contributed by atoms with van der Waals surface area (Å²) in [7, 11) is 0. The summed E-state index contributed by atoms with van der Waals surface area (Å²) in [5.41, 5.74) is 0.935. The highest BCUT2D eigenvalue weighted by molar-refractivity contribution is 9.10. The number of hydrogen-bond acceptors (Lipinski definition) is 4. The van der Waals surface area contributed by atoms with Gasteiger partial charge in [0, 0.05) is 10.2 Å². The zero-order valence-corrected chi connectivity index (χ0v) is 11.6. The van der Waals surface area contributed by atoms with Gasteiger partial charge in [-0.25, -0.2) is 9.37 Å². The number of rotatable bonds is 3. The van der Waals surface area contributed by atoms with E-state index >= 15 is 0 Å². The molecule has 1 aromatic heterocycles. The molecule has 2 rings (SSSR count). The van der Waals surface area contributed by atoms with Gasteiger partial charge in [-0.05, 0) is 42.2 Å². The fraction of sp³-hybridized carbons (Fsp3) is 0.200. The van der Waals surface area contributed by atoms with Crippen LogP contribution in [0.15, 0.2) is 27.0 Å². The van der Waals surface area contributed by atoms with Crippen LogP contribution in [0.2, 0.25) is 0 Å². The van der Waals surface area contributed by atoms with Gasteiger partial charge in [0.05, 0.1) is 0 Å². The Morgan fingerprint density at radius 2 is 2.25 bits per heavy atom. The van der Waals surface area contributed by atoms with Crippen molar-refractivity contribution >= 4 is 39.2 Å². The standard InChI is InChI=1S/C10H8BrFN2S2/c1-6-13-10(16-14-6)15-5-7-2-8(11)4-9(12)3-7/h2-4H,5H2,1H3. The lowest BCUT2D eigenvalue weighted by molar-refractivity contribution is 0.625. The smallest absolute Gasteiger partial charge is 0.170 e. The summed E-state index contributed by atoms with van der Waals surface area (Å²) < 4.78 is 18.9. The second-order valence-corrected chi connectivity index (χ2v) is 6.06. The molecule has 2 nitrogen and oxygen atoms in total. The van der Waals surface area contributed by atoms with Crippen LogP contribution in [0.4, 0.5) is 4.39 Å². The highest BCUT2D eigenvalue weighted by Crippen LogP contribution is 2.26. The molecular weight excluding hydrogens is 311 g/mol. The van der Waals surface area contributed by atoms with Gasteiger partial charge >= 0.3 is 0 Å². The van der Waals surface area contributed by atoms with Crippen LogP contribution in [0.5, 0.6) is 0 Å². The third-order valence-corrected chi connectivity index (χ3v) is 4.25. The van der Waals surface area contributed by atoms with Crippen LogP contribution in [-0.4, -0.2) is 9.36 Å². The predicted molar refractivity (Wildman–Crippen MR) is 68.3 cm³/mol. The number of aromatic nitrogens is 2. The molecule has 0 saturated carbocycles. The molecule has 0 unspecified atom stereocenters. The Hall–Kier alpha value is -0.460. The molecule has 0 radical (unpaired) electrons. The minimum atomic E-state index is -0.224. The molecule has 0 atom stereocenters. The SMILES string of the molecule is Cc1nsc(SCc2cc(F)cc(Br)c2)n1. The Kier molecular flexibility index (Phi) is 3.94. The fourth-order valence-corrected chi connectivity index (χ4v) is 3.27. The lowest BCUT2D eigenvalue weighted by atomic mass is 10.2. The van der Waals surface area contributed by atoms with Gasteiger partial charge in [-0.15, -0.1) is 0 Å². The van der Waals surface area contributed by atoms with Crippen molar-refractivity contribution in [3.05, 3.63) is 39.9 Å². The minimum absolute atomic E-state index is 0.224. The summed E-state index contributed by atoms with van der Waals surface area (Å²) in [5.74, 6) is 1.26. The molecule has 0 amide bonds. The van der Waals surface area contributed by atoms with E-state index in [0.29, 0.717) is 5.75 Å². The molecule has 1 heterocycles. The lowest BCUT2D eigenvalue weighted by Crippen LogP contribution is -1.84.